The van der Waals surface area contributed by atoms with Crippen LogP contribution in [0.1, 0.15) is 28.4 Å². The molecule has 0 N–H and O–H groups in total. The van der Waals surface area contributed by atoms with Crippen molar-refractivity contribution >= 4 is 43.5 Å². The van der Waals surface area contributed by atoms with Crippen LogP contribution in [0.15, 0.2) is 46.3 Å². The normalized spacial score (nSPS) is 12.4. The third-order valence-electron chi connectivity index (χ3n) is 5.73. The second-order valence-electron chi connectivity index (χ2n) is 8.54. The van der Waals surface area contributed by atoms with Crippen molar-refractivity contribution in [2.45, 2.75) is 32.2 Å². The van der Waals surface area contributed by atoms with Crippen molar-refractivity contribution in [1.29, 1.82) is 0 Å². The van der Waals surface area contributed by atoms with Gasteiger partial charge in [-0.25, -0.2) is 8.42 Å². The Labute approximate surface area is 226 Å². The highest BCUT2D eigenvalue weighted by atomic mass is 32.2. The van der Waals surface area contributed by atoms with Crippen molar-refractivity contribution in [1.82, 2.24) is 8.87 Å². The fraction of sp³-hybridized carbons (Fsp3) is 0.423. The minimum atomic E-state index is -3.82. The number of hydrogen-bond acceptors (Lipinski definition) is 8. The molecule has 1 aromatic heterocycles. The third-order valence-corrected chi connectivity index (χ3v) is 8.88. The molecule has 0 fully saturated rings. The number of fused-ring (bicyclic) bond motifs is 1. The predicted molar refractivity (Wildman–Crippen MR) is 145 cm³/mol. The number of nitrogens with zero attached hydrogens (tertiary/aromatic N) is 3. The summed E-state index contributed by atoms with van der Waals surface area (Å²) < 4.78 is 45.4. The number of benzene rings is 2. The van der Waals surface area contributed by atoms with Crippen molar-refractivity contribution < 1.29 is 32.2 Å². The maximum atomic E-state index is 13.1. The zero-order chi connectivity index (χ0) is 27.9. The van der Waals surface area contributed by atoms with Gasteiger partial charge < -0.3 is 18.8 Å². The minimum Gasteiger partial charge on any atom is -0.465 e. The van der Waals surface area contributed by atoms with E-state index in [4.69, 9.17) is 14.2 Å². The van der Waals surface area contributed by atoms with Crippen molar-refractivity contribution in [3.63, 3.8) is 0 Å². The Kier molecular flexibility index (Phi) is 10.3. The lowest BCUT2D eigenvalue weighted by molar-refractivity contribution is -0.143. The fourth-order valence-electron chi connectivity index (χ4n) is 3.89. The van der Waals surface area contributed by atoms with E-state index in [-0.39, 0.29) is 49.9 Å². The second kappa shape index (κ2) is 13.3. The molecule has 12 heteroatoms. The highest BCUT2D eigenvalue weighted by molar-refractivity contribution is 7.89. The third kappa shape index (κ3) is 6.94. The lowest BCUT2D eigenvalue weighted by Gasteiger charge is -2.21. The summed E-state index contributed by atoms with van der Waals surface area (Å²) >= 11 is 1.31. The number of aromatic nitrogens is 1. The van der Waals surface area contributed by atoms with Gasteiger partial charge in [0.25, 0.3) is 5.91 Å². The van der Waals surface area contributed by atoms with Crippen molar-refractivity contribution in [2.75, 3.05) is 47.1 Å². The Morgan fingerprint density at radius 1 is 1.03 bits per heavy atom. The monoisotopic (exact) mass is 563 g/mol. The van der Waals surface area contributed by atoms with Crippen LogP contribution in [0, 0.1) is 13.8 Å². The first-order chi connectivity index (χ1) is 18.1. The molecule has 0 bridgehead atoms. The largest absolute Gasteiger partial charge is 0.465 e. The van der Waals surface area contributed by atoms with Crippen LogP contribution in [0.4, 0.5) is 0 Å². The van der Waals surface area contributed by atoms with Gasteiger partial charge in [0.2, 0.25) is 10.0 Å². The summed E-state index contributed by atoms with van der Waals surface area (Å²) in [6, 6.07) is 9.61. The summed E-state index contributed by atoms with van der Waals surface area (Å²) in [7, 11) is -0.820. The molecule has 0 aliphatic carbocycles. The average Bonchev–Trinajstić information content (AvgIpc) is 3.21. The van der Waals surface area contributed by atoms with Gasteiger partial charge >= 0.3 is 5.97 Å². The molecule has 1 amide bonds. The zero-order valence-corrected chi connectivity index (χ0v) is 23.9. The number of rotatable bonds is 12. The summed E-state index contributed by atoms with van der Waals surface area (Å²) in [6.45, 7) is 6.63. The highest BCUT2D eigenvalue weighted by Crippen LogP contribution is 2.24. The first-order valence-corrected chi connectivity index (χ1v) is 14.3. The van der Waals surface area contributed by atoms with Gasteiger partial charge in [-0.15, -0.1) is 0 Å². The summed E-state index contributed by atoms with van der Waals surface area (Å²) in [5.41, 5.74) is 3.04. The highest BCUT2D eigenvalue weighted by Gasteiger charge is 2.24. The quantitative estimate of drug-likeness (QED) is 0.311. The number of methoxy groups -OCH3 is 2. The molecule has 0 spiro atoms. The molecule has 206 valence electrons. The molecule has 0 aliphatic rings. The molecule has 0 saturated heterocycles. The predicted octanol–water partition coefficient (Wildman–Crippen LogP) is 2.91. The van der Waals surface area contributed by atoms with Crippen LogP contribution < -0.4 is 4.80 Å². The fourth-order valence-corrected chi connectivity index (χ4v) is 6.38. The number of ether oxygens (including phenoxy) is 3. The number of carbonyl (C=O) groups excluding carboxylic acids is 2. The van der Waals surface area contributed by atoms with Crippen LogP contribution in [0.2, 0.25) is 0 Å². The average molecular weight is 564 g/mol. The number of sulfonamides is 1. The van der Waals surface area contributed by atoms with E-state index in [9.17, 15) is 18.0 Å². The van der Waals surface area contributed by atoms with Gasteiger partial charge in [0, 0.05) is 32.9 Å². The second-order valence-corrected chi connectivity index (χ2v) is 11.5. The number of amides is 1. The molecule has 0 atom stereocenters. The van der Waals surface area contributed by atoms with Crippen LogP contribution in [0.25, 0.3) is 10.2 Å². The summed E-state index contributed by atoms with van der Waals surface area (Å²) in [6.07, 6.45) is 0. The van der Waals surface area contributed by atoms with E-state index < -0.39 is 21.9 Å². The number of aryl methyl sites for hydroxylation is 2. The van der Waals surface area contributed by atoms with Crippen molar-refractivity contribution in [3.8, 4) is 0 Å². The Morgan fingerprint density at radius 3 is 2.24 bits per heavy atom. The van der Waals surface area contributed by atoms with Crippen LogP contribution in [0.5, 0.6) is 0 Å². The molecule has 1 heterocycles. The van der Waals surface area contributed by atoms with Crippen molar-refractivity contribution in [2.24, 2.45) is 4.99 Å². The summed E-state index contributed by atoms with van der Waals surface area (Å²) in [5, 5.41) is 0. The number of carbonyl (C=O) groups is 2. The maximum absolute atomic E-state index is 13.1. The Morgan fingerprint density at radius 2 is 1.66 bits per heavy atom. The molecule has 0 radical (unpaired) electrons. The molecular formula is C26H33N3O7S2. The topological polar surface area (TPSA) is 117 Å². The Balaban J connectivity index is 1.97. The smallest absolute Gasteiger partial charge is 0.326 e. The van der Waals surface area contributed by atoms with Crippen LogP contribution in [-0.4, -0.2) is 76.3 Å². The molecule has 38 heavy (non-hydrogen) atoms. The van der Waals surface area contributed by atoms with Gasteiger partial charge in [0.15, 0.2) is 4.80 Å². The van der Waals surface area contributed by atoms with Crippen LogP contribution in [0.3, 0.4) is 0 Å². The van der Waals surface area contributed by atoms with Gasteiger partial charge in [-0.3, -0.25) is 9.59 Å². The SMILES string of the molecule is CCOC(=O)Cn1c(=NC(=O)c2ccc(S(=O)(=O)N(CCOC)CCOC)cc2)sc2c(C)cc(C)cc21. The van der Waals surface area contributed by atoms with E-state index in [0.717, 1.165) is 21.3 Å². The van der Waals surface area contributed by atoms with Gasteiger partial charge in [-0.05, 0) is 62.2 Å². The lowest BCUT2D eigenvalue weighted by atomic mass is 10.1. The summed E-state index contributed by atoms with van der Waals surface area (Å²) in [4.78, 5) is 30.1. The number of thiazole rings is 1. The van der Waals surface area contributed by atoms with E-state index >= 15 is 0 Å². The van der Waals surface area contributed by atoms with E-state index in [1.807, 2.05) is 26.0 Å². The molecule has 0 saturated carbocycles. The molecule has 0 aliphatic heterocycles. The van der Waals surface area contributed by atoms with Crippen molar-refractivity contribution in [3.05, 3.63) is 57.9 Å². The molecule has 3 aromatic rings. The first kappa shape index (κ1) is 29.7. The minimum absolute atomic E-state index is 0.0478. The van der Waals surface area contributed by atoms with E-state index in [1.165, 1.54) is 54.1 Å². The molecular weight excluding hydrogens is 530 g/mol. The summed E-state index contributed by atoms with van der Waals surface area (Å²) in [5.74, 6) is -0.982. The molecule has 3 rings (SSSR count). The van der Waals surface area contributed by atoms with E-state index in [0.29, 0.717) is 4.80 Å². The lowest BCUT2D eigenvalue weighted by Crippen LogP contribution is -2.36. The number of hydrogen-bond donors (Lipinski definition) is 0. The molecule has 10 nitrogen and oxygen atoms in total. The first-order valence-electron chi connectivity index (χ1n) is 12.1. The molecule has 0 unspecified atom stereocenters. The van der Waals surface area contributed by atoms with Gasteiger partial charge in [-0.2, -0.15) is 9.30 Å². The zero-order valence-electron chi connectivity index (χ0n) is 22.2. The maximum Gasteiger partial charge on any atom is 0.326 e. The van der Waals surface area contributed by atoms with Crippen LogP contribution in [-0.2, 0) is 35.6 Å². The van der Waals surface area contributed by atoms with E-state index in [1.54, 1.807) is 11.5 Å². The standard InChI is InChI=1S/C26H33N3O7S2/c1-6-36-23(30)17-29-22-16-18(2)15-19(3)24(22)37-26(29)27-25(31)20-7-9-21(10-8-20)38(32,33)28(11-13-34-4)12-14-35-5/h7-10,15-16H,6,11-14,17H2,1-5H3. The van der Waals surface area contributed by atoms with Gasteiger partial charge in [0.05, 0.1) is 34.9 Å². The van der Waals surface area contributed by atoms with Crippen LogP contribution >= 0.6 is 11.3 Å². The Bertz CT molecular complexity index is 1450. The molecule has 2 aromatic carbocycles. The van der Waals surface area contributed by atoms with E-state index in [2.05, 4.69) is 4.99 Å². The van der Waals surface area contributed by atoms with Gasteiger partial charge in [0.1, 0.15) is 6.54 Å². The van der Waals surface area contributed by atoms with Gasteiger partial charge in [-0.1, -0.05) is 17.4 Å². The number of esters is 1. The Hall–Kier alpha value is -2.90.